The Labute approximate surface area is 114 Å². The maximum Gasteiger partial charge on any atom is 0.103 e. The van der Waals surface area contributed by atoms with Crippen LogP contribution in [0.1, 0.15) is 37.0 Å². The third kappa shape index (κ3) is 3.14. The fourth-order valence-electron chi connectivity index (χ4n) is 2.60. The molecule has 1 aliphatic rings. The summed E-state index contributed by atoms with van der Waals surface area (Å²) in [6, 6.07) is 12.5. The van der Waals surface area contributed by atoms with Crippen LogP contribution in [0.4, 0.5) is 5.69 Å². The molecular weight excluding hydrogens is 234 g/mol. The van der Waals surface area contributed by atoms with Crippen LogP contribution in [0, 0.1) is 0 Å². The van der Waals surface area contributed by atoms with E-state index in [1.165, 1.54) is 36.2 Å². The van der Waals surface area contributed by atoms with Crippen LogP contribution in [0.3, 0.4) is 0 Å². The van der Waals surface area contributed by atoms with Crippen LogP contribution in [0.5, 0.6) is 0 Å². The Morgan fingerprint density at radius 3 is 2.68 bits per heavy atom. The predicted octanol–water partition coefficient (Wildman–Crippen LogP) is 4.71. The van der Waals surface area contributed by atoms with Gasteiger partial charge in [0.15, 0.2) is 0 Å². The summed E-state index contributed by atoms with van der Waals surface area (Å²) in [5.41, 5.74) is 3.90. The number of benzene rings is 1. The van der Waals surface area contributed by atoms with E-state index in [-0.39, 0.29) is 0 Å². The van der Waals surface area contributed by atoms with E-state index in [0.29, 0.717) is 0 Å². The highest BCUT2D eigenvalue weighted by Gasteiger charge is 2.12. The van der Waals surface area contributed by atoms with Crippen molar-refractivity contribution in [3.05, 3.63) is 54.0 Å². The standard InChI is InChI=1S/C17H19NO/c1(3-9-16-10-6-12-19-16)2-8-15-13-14-7-4-5-11-17(14)18-15/h4-7,10-12H,1-3,8-9,13H2. The second-order valence-corrected chi connectivity index (χ2v) is 5.12. The molecule has 0 N–H and O–H groups in total. The SMILES string of the molecule is c1coc(CCCCCC2=Nc3ccccc3C2)c1. The molecule has 1 aliphatic heterocycles. The zero-order chi connectivity index (χ0) is 12.9. The van der Waals surface area contributed by atoms with Crippen molar-refractivity contribution in [2.75, 3.05) is 0 Å². The zero-order valence-electron chi connectivity index (χ0n) is 11.1. The first kappa shape index (κ1) is 12.2. The van der Waals surface area contributed by atoms with Gasteiger partial charge in [0.1, 0.15) is 5.76 Å². The van der Waals surface area contributed by atoms with Crippen molar-refractivity contribution in [3.8, 4) is 0 Å². The lowest BCUT2D eigenvalue weighted by molar-refractivity contribution is 0.496. The van der Waals surface area contributed by atoms with Crippen molar-refractivity contribution in [1.82, 2.24) is 0 Å². The van der Waals surface area contributed by atoms with Crippen molar-refractivity contribution >= 4 is 11.4 Å². The normalized spacial score (nSPS) is 13.4. The van der Waals surface area contributed by atoms with Crippen molar-refractivity contribution in [3.63, 3.8) is 0 Å². The van der Waals surface area contributed by atoms with Gasteiger partial charge in [0.25, 0.3) is 0 Å². The molecule has 2 heteroatoms. The lowest BCUT2D eigenvalue weighted by Crippen LogP contribution is -1.97. The molecule has 0 bridgehead atoms. The fraction of sp³-hybridized carbons (Fsp3) is 0.353. The summed E-state index contributed by atoms with van der Waals surface area (Å²) in [5, 5.41) is 0. The number of aryl methyl sites for hydroxylation is 1. The largest absolute Gasteiger partial charge is 0.469 e. The molecule has 1 aromatic heterocycles. The summed E-state index contributed by atoms with van der Waals surface area (Å²) in [6.07, 6.45) is 8.66. The molecule has 0 spiro atoms. The summed E-state index contributed by atoms with van der Waals surface area (Å²) >= 11 is 0. The molecule has 0 unspecified atom stereocenters. The first-order valence-electron chi connectivity index (χ1n) is 7.08. The number of unbranched alkanes of at least 4 members (excludes halogenated alkanes) is 2. The van der Waals surface area contributed by atoms with Gasteiger partial charge in [0.05, 0.1) is 12.0 Å². The van der Waals surface area contributed by atoms with Crippen LogP contribution < -0.4 is 0 Å². The highest BCUT2D eigenvalue weighted by Crippen LogP contribution is 2.27. The molecule has 0 fully saturated rings. The molecular formula is C17H19NO. The van der Waals surface area contributed by atoms with Gasteiger partial charge >= 0.3 is 0 Å². The smallest absolute Gasteiger partial charge is 0.103 e. The number of furan rings is 1. The monoisotopic (exact) mass is 253 g/mol. The highest BCUT2D eigenvalue weighted by atomic mass is 16.3. The van der Waals surface area contributed by atoms with Gasteiger partial charge in [-0.2, -0.15) is 0 Å². The van der Waals surface area contributed by atoms with E-state index in [0.717, 1.165) is 25.0 Å². The Balaban J connectivity index is 1.38. The molecule has 98 valence electrons. The molecule has 0 atom stereocenters. The van der Waals surface area contributed by atoms with Crippen LogP contribution in [-0.2, 0) is 12.8 Å². The Bertz CT molecular complexity index is 554. The van der Waals surface area contributed by atoms with E-state index in [9.17, 15) is 0 Å². The van der Waals surface area contributed by atoms with Crippen LogP contribution in [0.25, 0.3) is 0 Å². The van der Waals surface area contributed by atoms with Crippen LogP contribution in [-0.4, -0.2) is 5.71 Å². The van der Waals surface area contributed by atoms with Gasteiger partial charge in [0, 0.05) is 18.6 Å². The summed E-state index contributed by atoms with van der Waals surface area (Å²) in [6.45, 7) is 0. The Morgan fingerprint density at radius 1 is 0.947 bits per heavy atom. The number of hydrogen-bond donors (Lipinski definition) is 0. The Hall–Kier alpha value is -1.83. The summed E-state index contributed by atoms with van der Waals surface area (Å²) in [4.78, 5) is 4.70. The quantitative estimate of drug-likeness (QED) is 0.684. The number of nitrogens with zero attached hydrogens (tertiary/aromatic N) is 1. The minimum atomic E-state index is 1.05. The van der Waals surface area contributed by atoms with Crippen molar-refractivity contribution in [1.29, 1.82) is 0 Å². The number of hydrogen-bond acceptors (Lipinski definition) is 2. The third-order valence-electron chi connectivity index (χ3n) is 3.63. The van der Waals surface area contributed by atoms with Gasteiger partial charge in [-0.3, -0.25) is 4.99 Å². The van der Waals surface area contributed by atoms with E-state index in [1.807, 2.05) is 6.07 Å². The first-order valence-corrected chi connectivity index (χ1v) is 7.08. The van der Waals surface area contributed by atoms with Gasteiger partial charge in [-0.15, -0.1) is 0 Å². The third-order valence-corrected chi connectivity index (χ3v) is 3.63. The average molecular weight is 253 g/mol. The van der Waals surface area contributed by atoms with Crippen molar-refractivity contribution in [2.45, 2.75) is 38.5 Å². The summed E-state index contributed by atoms with van der Waals surface area (Å²) < 4.78 is 5.33. The molecule has 3 rings (SSSR count). The average Bonchev–Trinajstić information content (AvgIpc) is 3.06. The molecule has 2 heterocycles. The molecule has 0 aliphatic carbocycles. The molecule has 0 radical (unpaired) electrons. The van der Waals surface area contributed by atoms with E-state index < -0.39 is 0 Å². The second kappa shape index (κ2) is 5.87. The van der Waals surface area contributed by atoms with Gasteiger partial charge in [0.2, 0.25) is 0 Å². The lowest BCUT2D eigenvalue weighted by Gasteiger charge is -2.00. The highest BCUT2D eigenvalue weighted by molar-refractivity contribution is 5.93. The van der Waals surface area contributed by atoms with Gasteiger partial charge in [-0.1, -0.05) is 24.6 Å². The van der Waals surface area contributed by atoms with Crippen molar-refractivity contribution in [2.24, 2.45) is 4.99 Å². The molecule has 0 amide bonds. The minimum absolute atomic E-state index is 1.05. The number of fused-ring (bicyclic) bond motifs is 1. The number of rotatable bonds is 6. The van der Waals surface area contributed by atoms with E-state index >= 15 is 0 Å². The Kier molecular flexibility index (Phi) is 3.78. The number of aliphatic imine (C=N–C) groups is 1. The first-order chi connectivity index (χ1) is 9.42. The van der Waals surface area contributed by atoms with Gasteiger partial charge in [-0.25, -0.2) is 0 Å². The molecule has 0 saturated carbocycles. The maximum absolute atomic E-state index is 5.33. The summed E-state index contributed by atoms with van der Waals surface area (Å²) in [5.74, 6) is 1.10. The molecule has 19 heavy (non-hydrogen) atoms. The van der Waals surface area contributed by atoms with Crippen molar-refractivity contribution < 1.29 is 4.42 Å². The topological polar surface area (TPSA) is 25.5 Å². The fourth-order valence-corrected chi connectivity index (χ4v) is 2.60. The van der Waals surface area contributed by atoms with E-state index in [4.69, 9.17) is 9.41 Å². The van der Waals surface area contributed by atoms with Crippen LogP contribution in [0.2, 0.25) is 0 Å². The van der Waals surface area contributed by atoms with E-state index in [2.05, 4.69) is 30.3 Å². The van der Waals surface area contributed by atoms with Gasteiger partial charge < -0.3 is 4.42 Å². The predicted molar refractivity (Wildman–Crippen MR) is 78.1 cm³/mol. The molecule has 2 nitrogen and oxygen atoms in total. The number of para-hydroxylation sites is 1. The van der Waals surface area contributed by atoms with E-state index in [1.54, 1.807) is 6.26 Å². The van der Waals surface area contributed by atoms with Crippen LogP contribution >= 0.6 is 0 Å². The lowest BCUT2D eigenvalue weighted by atomic mass is 10.0. The summed E-state index contributed by atoms with van der Waals surface area (Å²) in [7, 11) is 0. The molecule has 0 saturated heterocycles. The molecule has 1 aromatic carbocycles. The van der Waals surface area contributed by atoms with Crippen LogP contribution in [0.15, 0.2) is 52.1 Å². The zero-order valence-corrected chi connectivity index (χ0v) is 11.1. The van der Waals surface area contributed by atoms with Gasteiger partial charge in [-0.05, 0) is 43.0 Å². The Morgan fingerprint density at radius 2 is 1.84 bits per heavy atom. The molecule has 2 aromatic rings. The minimum Gasteiger partial charge on any atom is -0.469 e. The maximum atomic E-state index is 5.33. The second-order valence-electron chi connectivity index (χ2n) is 5.12.